The second-order valence-corrected chi connectivity index (χ2v) is 6.31. The topological polar surface area (TPSA) is 24.1 Å². The van der Waals surface area contributed by atoms with E-state index in [4.69, 9.17) is 0 Å². The molecule has 1 atom stereocenters. The van der Waals surface area contributed by atoms with Gasteiger partial charge in [0.25, 0.3) is 0 Å². The Bertz CT molecular complexity index is 308. The maximum absolute atomic E-state index is 3.56. The molecular formula is C12H19BrN2S. The normalized spacial score (nSPS) is 21.2. The summed E-state index contributed by atoms with van der Waals surface area (Å²) in [4.78, 5) is 1.46. The molecule has 0 spiro atoms. The van der Waals surface area contributed by atoms with E-state index >= 15 is 0 Å². The van der Waals surface area contributed by atoms with Gasteiger partial charge in [0.2, 0.25) is 0 Å². The molecule has 2 N–H and O–H groups in total. The van der Waals surface area contributed by atoms with Crippen molar-refractivity contribution in [1.82, 2.24) is 10.6 Å². The molecule has 1 aromatic heterocycles. The maximum Gasteiger partial charge on any atom is 0.0285 e. The first-order valence-electron chi connectivity index (χ1n) is 5.99. The van der Waals surface area contributed by atoms with Gasteiger partial charge in [-0.3, -0.25) is 0 Å². The molecule has 1 saturated heterocycles. The Hall–Kier alpha value is 0.1000. The zero-order valence-electron chi connectivity index (χ0n) is 9.47. The molecule has 4 heteroatoms. The van der Waals surface area contributed by atoms with Gasteiger partial charge in [0.1, 0.15) is 0 Å². The fraction of sp³-hybridized carbons (Fsp3) is 0.667. The lowest BCUT2D eigenvalue weighted by atomic mass is 10.00. The largest absolute Gasteiger partial charge is 0.316 e. The van der Waals surface area contributed by atoms with Crippen LogP contribution in [0.3, 0.4) is 0 Å². The molecule has 2 nitrogen and oxygen atoms in total. The molecule has 0 radical (unpaired) electrons. The molecule has 0 aliphatic carbocycles. The van der Waals surface area contributed by atoms with E-state index in [2.05, 4.69) is 38.0 Å². The highest BCUT2D eigenvalue weighted by molar-refractivity contribution is 9.10. The maximum atomic E-state index is 3.56. The Kier molecular flexibility index (Phi) is 5.29. The van der Waals surface area contributed by atoms with E-state index in [9.17, 15) is 0 Å². The van der Waals surface area contributed by atoms with Crippen molar-refractivity contribution >= 4 is 27.3 Å². The predicted molar refractivity (Wildman–Crippen MR) is 74.2 cm³/mol. The molecule has 90 valence electrons. The van der Waals surface area contributed by atoms with Gasteiger partial charge < -0.3 is 10.6 Å². The number of rotatable bonds is 5. The first-order chi connectivity index (χ1) is 7.84. The van der Waals surface area contributed by atoms with Crippen LogP contribution in [-0.2, 0) is 6.42 Å². The Balaban J connectivity index is 1.57. The number of nitrogens with one attached hydrogen (secondary N) is 2. The van der Waals surface area contributed by atoms with Crippen molar-refractivity contribution in [2.75, 3.05) is 26.2 Å². The zero-order chi connectivity index (χ0) is 11.2. The van der Waals surface area contributed by atoms with E-state index in [0.717, 1.165) is 18.9 Å². The number of hydrogen-bond donors (Lipinski definition) is 2. The number of thiophene rings is 1. The summed E-state index contributed by atoms with van der Waals surface area (Å²) < 4.78 is 1.21. The van der Waals surface area contributed by atoms with Gasteiger partial charge in [-0.2, -0.15) is 0 Å². The van der Waals surface area contributed by atoms with Crippen molar-refractivity contribution in [3.05, 3.63) is 20.8 Å². The van der Waals surface area contributed by atoms with Gasteiger partial charge in [0.05, 0.1) is 0 Å². The lowest BCUT2D eigenvalue weighted by Crippen LogP contribution is -2.36. The second kappa shape index (κ2) is 6.74. The first kappa shape index (κ1) is 12.6. The molecule has 1 aliphatic rings. The Morgan fingerprint density at radius 1 is 1.56 bits per heavy atom. The van der Waals surface area contributed by atoms with E-state index in [-0.39, 0.29) is 0 Å². The van der Waals surface area contributed by atoms with E-state index in [0.29, 0.717) is 0 Å². The van der Waals surface area contributed by atoms with Crippen molar-refractivity contribution in [3.8, 4) is 0 Å². The van der Waals surface area contributed by atoms with E-state index < -0.39 is 0 Å². The summed E-state index contributed by atoms with van der Waals surface area (Å²) in [6, 6.07) is 2.22. The minimum Gasteiger partial charge on any atom is -0.316 e. The summed E-state index contributed by atoms with van der Waals surface area (Å²) in [6.07, 6.45) is 3.87. The lowest BCUT2D eigenvalue weighted by Gasteiger charge is -2.22. The van der Waals surface area contributed by atoms with Gasteiger partial charge in [-0.05, 0) is 73.4 Å². The van der Waals surface area contributed by atoms with Crippen LogP contribution in [0.15, 0.2) is 15.9 Å². The Morgan fingerprint density at radius 3 is 3.19 bits per heavy atom. The quantitative estimate of drug-likeness (QED) is 0.817. The van der Waals surface area contributed by atoms with Crippen molar-refractivity contribution in [1.29, 1.82) is 0 Å². The third-order valence-electron chi connectivity index (χ3n) is 3.00. The summed E-state index contributed by atoms with van der Waals surface area (Å²) in [7, 11) is 0. The van der Waals surface area contributed by atoms with Gasteiger partial charge in [-0.25, -0.2) is 0 Å². The smallest absolute Gasteiger partial charge is 0.0285 e. The van der Waals surface area contributed by atoms with Crippen LogP contribution in [0.5, 0.6) is 0 Å². The molecule has 1 aliphatic heterocycles. The third kappa shape index (κ3) is 4.17. The SMILES string of the molecule is Brc1csc(CCNCC2CCCNC2)c1. The molecule has 0 bridgehead atoms. The molecule has 0 aromatic carbocycles. The van der Waals surface area contributed by atoms with Crippen LogP contribution in [0, 0.1) is 5.92 Å². The molecule has 2 rings (SSSR count). The Morgan fingerprint density at radius 2 is 2.50 bits per heavy atom. The van der Waals surface area contributed by atoms with Gasteiger partial charge in [0.15, 0.2) is 0 Å². The summed E-state index contributed by atoms with van der Waals surface area (Å²) in [5, 5.41) is 9.17. The molecular weight excluding hydrogens is 284 g/mol. The number of halogens is 1. The second-order valence-electron chi connectivity index (χ2n) is 4.40. The highest BCUT2D eigenvalue weighted by Crippen LogP contribution is 2.19. The average Bonchev–Trinajstić information content (AvgIpc) is 2.72. The molecule has 0 saturated carbocycles. The van der Waals surface area contributed by atoms with Crippen LogP contribution in [0.4, 0.5) is 0 Å². The van der Waals surface area contributed by atoms with Crippen LogP contribution >= 0.6 is 27.3 Å². The van der Waals surface area contributed by atoms with Crippen LogP contribution in [-0.4, -0.2) is 26.2 Å². The van der Waals surface area contributed by atoms with Gasteiger partial charge in [0, 0.05) is 14.7 Å². The summed E-state index contributed by atoms with van der Waals surface area (Å²) in [5.74, 6) is 0.837. The highest BCUT2D eigenvalue weighted by atomic mass is 79.9. The Labute approximate surface area is 110 Å². The minimum atomic E-state index is 0.837. The molecule has 1 unspecified atom stereocenters. The summed E-state index contributed by atoms with van der Waals surface area (Å²) in [5.41, 5.74) is 0. The van der Waals surface area contributed by atoms with Crippen LogP contribution in [0.1, 0.15) is 17.7 Å². The molecule has 1 fully saturated rings. The van der Waals surface area contributed by atoms with Crippen molar-refractivity contribution in [3.63, 3.8) is 0 Å². The van der Waals surface area contributed by atoms with Gasteiger partial charge >= 0.3 is 0 Å². The van der Waals surface area contributed by atoms with E-state index in [1.54, 1.807) is 0 Å². The van der Waals surface area contributed by atoms with Gasteiger partial charge in [-0.1, -0.05) is 0 Å². The van der Waals surface area contributed by atoms with Crippen molar-refractivity contribution in [2.45, 2.75) is 19.3 Å². The molecule has 1 aromatic rings. The van der Waals surface area contributed by atoms with Crippen molar-refractivity contribution in [2.24, 2.45) is 5.92 Å². The molecule has 2 heterocycles. The highest BCUT2D eigenvalue weighted by Gasteiger charge is 2.11. The fourth-order valence-corrected chi connectivity index (χ4v) is 3.56. The molecule has 16 heavy (non-hydrogen) atoms. The average molecular weight is 303 g/mol. The third-order valence-corrected chi connectivity index (χ3v) is 4.76. The summed E-state index contributed by atoms with van der Waals surface area (Å²) in [6.45, 7) is 4.67. The zero-order valence-corrected chi connectivity index (χ0v) is 11.9. The number of piperidine rings is 1. The van der Waals surface area contributed by atoms with Crippen LogP contribution in [0.25, 0.3) is 0 Å². The first-order valence-corrected chi connectivity index (χ1v) is 7.66. The van der Waals surface area contributed by atoms with E-state index in [1.165, 1.54) is 41.8 Å². The molecule has 0 amide bonds. The summed E-state index contributed by atoms with van der Waals surface area (Å²) >= 11 is 5.32. The van der Waals surface area contributed by atoms with Crippen molar-refractivity contribution < 1.29 is 0 Å². The monoisotopic (exact) mass is 302 g/mol. The predicted octanol–water partition coefficient (Wildman–Crippen LogP) is 2.64. The minimum absolute atomic E-state index is 0.837. The van der Waals surface area contributed by atoms with Crippen LogP contribution < -0.4 is 10.6 Å². The standard InChI is InChI=1S/C12H19BrN2S/c13-11-6-12(16-9-11)3-5-15-8-10-2-1-4-14-7-10/h6,9-10,14-15H,1-5,7-8H2. The van der Waals surface area contributed by atoms with Gasteiger partial charge in [-0.15, -0.1) is 11.3 Å². The van der Waals surface area contributed by atoms with E-state index in [1.807, 2.05) is 11.3 Å². The lowest BCUT2D eigenvalue weighted by molar-refractivity contribution is 0.361. The van der Waals surface area contributed by atoms with Crippen LogP contribution in [0.2, 0.25) is 0 Å². The fourth-order valence-electron chi connectivity index (χ4n) is 2.10. The number of hydrogen-bond acceptors (Lipinski definition) is 3.